The molecule has 3 nitrogen and oxygen atoms in total. The van der Waals surface area contributed by atoms with Crippen LogP contribution in [0, 0.1) is 5.92 Å². The second kappa shape index (κ2) is 5.81. The van der Waals surface area contributed by atoms with E-state index >= 15 is 0 Å². The third-order valence-corrected chi connectivity index (χ3v) is 4.36. The van der Waals surface area contributed by atoms with Crippen molar-refractivity contribution in [1.82, 2.24) is 14.8 Å². The Balaban J connectivity index is 1.42. The zero-order valence-electron chi connectivity index (χ0n) is 11.1. The van der Waals surface area contributed by atoms with E-state index < -0.39 is 0 Å². The summed E-state index contributed by atoms with van der Waals surface area (Å²) in [5.74, 6) is 1.01. The Morgan fingerprint density at radius 1 is 1.00 bits per heavy atom. The molecule has 0 radical (unpaired) electrons. The lowest BCUT2D eigenvalue weighted by Crippen LogP contribution is -2.47. The van der Waals surface area contributed by atoms with Gasteiger partial charge >= 0.3 is 0 Å². The average molecular weight is 245 g/mol. The summed E-state index contributed by atoms with van der Waals surface area (Å²) in [5.41, 5.74) is 1.39. The summed E-state index contributed by atoms with van der Waals surface area (Å²) in [7, 11) is 0. The second-order valence-electron chi connectivity index (χ2n) is 5.73. The van der Waals surface area contributed by atoms with Crippen LogP contribution in [0.15, 0.2) is 24.5 Å². The van der Waals surface area contributed by atoms with Crippen LogP contribution >= 0.6 is 0 Å². The Hall–Kier alpha value is -0.930. The molecule has 0 bridgehead atoms. The van der Waals surface area contributed by atoms with Gasteiger partial charge in [-0.25, -0.2) is 0 Å². The van der Waals surface area contributed by atoms with Crippen molar-refractivity contribution in [3.8, 4) is 0 Å². The molecule has 0 spiro atoms. The first-order chi connectivity index (χ1) is 8.90. The summed E-state index contributed by atoms with van der Waals surface area (Å²) < 4.78 is 0. The molecule has 1 aliphatic heterocycles. The minimum Gasteiger partial charge on any atom is -0.301 e. The van der Waals surface area contributed by atoms with E-state index in [9.17, 15) is 0 Å². The van der Waals surface area contributed by atoms with Crippen LogP contribution in [0.25, 0.3) is 0 Å². The number of nitrogens with zero attached hydrogens (tertiary/aromatic N) is 3. The van der Waals surface area contributed by atoms with Gasteiger partial charge in [0.05, 0.1) is 0 Å². The molecule has 3 heteroatoms. The first-order valence-corrected chi connectivity index (χ1v) is 7.24. The third-order valence-electron chi connectivity index (χ3n) is 4.36. The van der Waals surface area contributed by atoms with Crippen LogP contribution in [0.3, 0.4) is 0 Å². The Bertz CT molecular complexity index is 353. The highest BCUT2D eigenvalue weighted by atomic mass is 15.3. The van der Waals surface area contributed by atoms with E-state index in [1.54, 1.807) is 0 Å². The minimum absolute atomic E-state index is 1.01. The maximum Gasteiger partial charge on any atom is 0.0271 e. The summed E-state index contributed by atoms with van der Waals surface area (Å²) >= 11 is 0. The molecular weight excluding hydrogens is 222 g/mol. The zero-order valence-corrected chi connectivity index (χ0v) is 11.1. The fourth-order valence-corrected chi connectivity index (χ4v) is 2.92. The van der Waals surface area contributed by atoms with Gasteiger partial charge in [-0.1, -0.05) is 6.42 Å². The van der Waals surface area contributed by atoms with Gasteiger partial charge in [0.2, 0.25) is 0 Å². The molecule has 18 heavy (non-hydrogen) atoms. The molecule has 1 saturated heterocycles. The van der Waals surface area contributed by atoms with E-state index in [0.29, 0.717) is 0 Å². The van der Waals surface area contributed by atoms with Crippen LogP contribution in [0.4, 0.5) is 0 Å². The van der Waals surface area contributed by atoms with Crippen molar-refractivity contribution in [3.05, 3.63) is 30.1 Å². The lowest BCUT2D eigenvalue weighted by atomic mass is 9.85. The number of aromatic nitrogens is 1. The van der Waals surface area contributed by atoms with E-state index in [1.165, 1.54) is 57.5 Å². The molecule has 98 valence electrons. The minimum atomic E-state index is 1.01. The molecule has 2 heterocycles. The first-order valence-electron chi connectivity index (χ1n) is 7.24. The number of hydrogen-bond acceptors (Lipinski definition) is 3. The van der Waals surface area contributed by atoms with Crippen LogP contribution in [0.1, 0.15) is 24.8 Å². The summed E-state index contributed by atoms with van der Waals surface area (Å²) in [6.45, 7) is 7.37. The maximum absolute atomic E-state index is 4.07. The van der Waals surface area contributed by atoms with Crippen molar-refractivity contribution in [2.24, 2.45) is 5.92 Å². The topological polar surface area (TPSA) is 19.4 Å². The van der Waals surface area contributed by atoms with Crippen molar-refractivity contribution in [3.63, 3.8) is 0 Å². The van der Waals surface area contributed by atoms with Gasteiger partial charge in [-0.3, -0.25) is 9.88 Å². The number of piperazine rings is 1. The van der Waals surface area contributed by atoms with Gasteiger partial charge < -0.3 is 4.90 Å². The highest BCUT2D eigenvalue weighted by Gasteiger charge is 2.23. The molecule has 0 atom stereocenters. The molecule has 1 aromatic rings. The summed E-state index contributed by atoms with van der Waals surface area (Å²) in [6, 6.07) is 4.25. The van der Waals surface area contributed by atoms with Gasteiger partial charge in [0.25, 0.3) is 0 Å². The van der Waals surface area contributed by atoms with Crippen LogP contribution in [0.5, 0.6) is 0 Å². The van der Waals surface area contributed by atoms with Crippen LogP contribution in [-0.2, 0) is 6.54 Å². The third kappa shape index (κ3) is 3.09. The standard InChI is InChI=1S/C15H23N3/c1-2-14(3-1)12-17-8-10-18(11-9-17)13-15-4-6-16-7-5-15/h4-7,14H,1-3,8-13H2. The van der Waals surface area contributed by atoms with Gasteiger partial charge in [-0.05, 0) is 36.5 Å². The molecule has 3 rings (SSSR count). The fraction of sp³-hybridized carbons (Fsp3) is 0.667. The van der Waals surface area contributed by atoms with Crippen LogP contribution < -0.4 is 0 Å². The molecular formula is C15H23N3. The highest BCUT2D eigenvalue weighted by Crippen LogP contribution is 2.27. The van der Waals surface area contributed by atoms with Gasteiger partial charge in [-0.2, -0.15) is 0 Å². The van der Waals surface area contributed by atoms with Crippen molar-refractivity contribution in [2.75, 3.05) is 32.7 Å². The number of hydrogen-bond donors (Lipinski definition) is 0. The van der Waals surface area contributed by atoms with Crippen molar-refractivity contribution in [1.29, 1.82) is 0 Å². The highest BCUT2D eigenvalue weighted by molar-refractivity contribution is 5.09. The monoisotopic (exact) mass is 245 g/mol. The number of rotatable bonds is 4. The van der Waals surface area contributed by atoms with Gasteiger partial charge in [-0.15, -0.1) is 0 Å². The van der Waals surface area contributed by atoms with E-state index in [4.69, 9.17) is 0 Å². The lowest BCUT2D eigenvalue weighted by Gasteiger charge is -2.38. The summed E-state index contributed by atoms with van der Waals surface area (Å²) in [6.07, 6.45) is 8.19. The van der Waals surface area contributed by atoms with Crippen molar-refractivity contribution < 1.29 is 0 Å². The summed E-state index contributed by atoms with van der Waals surface area (Å²) in [5, 5.41) is 0. The molecule has 1 saturated carbocycles. The zero-order chi connectivity index (χ0) is 12.2. The van der Waals surface area contributed by atoms with Gasteiger partial charge in [0, 0.05) is 51.7 Å². The van der Waals surface area contributed by atoms with E-state index in [0.717, 1.165) is 12.5 Å². The Morgan fingerprint density at radius 3 is 2.28 bits per heavy atom. The molecule has 0 unspecified atom stereocenters. The Morgan fingerprint density at radius 2 is 1.67 bits per heavy atom. The quantitative estimate of drug-likeness (QED) is 0.809. The van der Waals surface area contributed by atoms with E-state index in [1.807, 2.05) is 12.4 Å². The molecule has 0 aromatic carbocycles. The van der Waals surface area contributed by atoms with Gasteiger partial charge in [0.1, 0.15) is 0 Å². The van der Waals surface area contributed by atoms with Crippen molar-refractivity contribution in [2.45, 2.75) is 25.8 Å². The Kier molecular flexibility index (Phi) is 3.91. The molecule has 2 fully saturated rings. The largest absolute Gasteiger partial charge is 0.301 e. The van der Waals surface area contributed by atoms with Crippen molar-refractivity contribution >= 4 is 0 Å². The fourth-order valence-electron chi connectivity index (χ4n) is 2.92. The molecule has 2 aliphatic rings. The predicted molar refractivity (Wildman–Crippen MR) is 73.3 cm³/mol. The van der Waals surface area contributed by atoms with E-state index in [2.05, 4.69) is 26.9 Å². The normalized spacial score (nSPS) is 22.9. The SMILES string of the molecule is c1cc(CN2CCN(CC3CCC3)CC2)ccn1. The molecule has 1 aromatic heterocycles. The smallest absolute Gasteiger partial charge is 0.0271 e. The maximum atomic E-state index is 4.07. The molecule has 0 N–H and O–H groups in total. The molecule has 0 amide bonds. The number of pyridine rings is 1. The lowest BCUT2D eigenvalue weighted by molar-refractivity contribution is 0.0967. The average Bonchev–Trinajstić information content (AvgIpc) is 2.37. The second-order valence-corrected chi connectivity index (χ2v) is 5.73. The van der Waals surface area contributed by atoms with Gasteiger partial charge in [0.15, 0.2) is 0 Å². The Labute approximate surface area is 110 Å². The molecule has 1 aliphatic carbocycles. The van der Waals surface area contributed by atoms with Crippen LogP contribution in [-0.4, -0.2) is 47.5 Å². The van der Waals surface area contributed by atoms with E-state index in [-0.39, 0.29) is 0 Å². The summed E-state index contributed by atoms with van der Waals surface area (Å²) in [4.78, 5) is 9.29. The van der Waals surface area contributed by atoms with Crippen LogP contribution in [0.2, 0.25) is 0 Å². The predicted octanol–water partition coefficient (Wildman–Crippen LogP) is 2.00. The first kappa shape index (κ1) is 12.1.